The SMILES string of the molecule is Cn1ccc2c(C(Nc3cc(Cl)c4ncc(C#N)c(NCC(C)(C)C)c4c3)c3cn(C4(C(F)F)CC4)nn3)cccc21. The Hall–Kier alpha value is -4.23. The lowest BCUT2D eigenvalue weighted by molar-refractivity contribution is 0.0593. The number of aryl methyl sites for hydroxylation is 1. The molecule has 1 unspecified atom stereocenters. The molecule has 1 fully saturated rings. The number of alkyl halides is 2. The van der Waals surface area contributed by atoms with Crippen LogP contribution < -0.4 is 10.6 Å². The van der Waals surface area contributed by atoms with Gasteiger partial charge in [0.1, 0.15) is 17.3 Å². The van der Waals surface area contributed by atoms with Crippen molar-refractivity contribution in [2.45, 2.75) is 51.6 Å². The van der Waals surface area contributed by atoms with Gasteiger partial charge in [-0.3, -0.25) is 4.98 Å². The van der Waals surface area contributed by atoms with E-state index >= 15 is 0 Å². The van der Waals surface area contributed by atoms with Gasteiger partial charge in [0.2, 0.25) is 0 Å². The highest BCUT2D eigenvalue weighted by atomic mass is 35.5. The summed E-state index contributed by atoms with van der Waals surface area (Å²) in [5.74, 6) is 0. The van der Waals surface area contributed by atoms with E-state index in [0.29, 0.717) is 57.9 Å². The Morgan fingerprint density at radius 3 is 2.64 bits per heavy atom. The van der Waals surface area contributed by atoms with Crippen molar-refractivity contribution in [1.29, 1.82) is 5.26 Å². The first kappa shape index (κ1) is 27.9. The molecule has 1 aliphatic carbocycles. The molecule has 42 heavy (non-hydrogen) atoms. The minimum atomic E-state index is -2.53. The van der Waals surface area contributed by atoms with E-state index in [2.05, 4.69) is 52.8 Å². The van der Waals surface area contributed by atoms with E-state index in [0.717, 1.165) is 16.5 Å². The number of fused-ring (bicyclic) bond motifs is 2. The van der Waals surface area contributed by atoms with Crippen LogP contribution in [0.15, 0.2) is 55.0 Å². The molecule has 1 saturated carbocycles. The van der Waals surface area contributed by atoms with Gasteiger partial charge in [0.15, 0.2) is 0 Å². The number of nitriles is 1. The monoisotopic (exact) mass is 588 g/mol. The first-order valence-electron chi connectivity index (χ1n) is 13.8. The van der Waals surface area contributed by atoms with Crippen molar-refractivity contribution < 1.29 is 8.78 Å². The maximum atomic E-state index is 13.9. The molecule has 0 aliphatic heterocycles. The molecule has 0 amide bonds. The molecule has 1 atom stereocenters. The van der Waals surface area contributed by atoms with Gasteiger partial charge in [-0.2, -0.15) is 5.26 Å². The summed E-state index contributed by atoms with van der Waals surface area (Å²) in [6.07, 6.45) is 3.31. The van der Waals surface area contributed by atoms with Gasteiger partial charge in [-0.15, -0.1) is 5.10 Å². The predicted molar refractivity (Wildman–Crippen MR) is 161 cm³/mol. The molecular weight excluding hydrogens is 558 g/mol. The Morgan fingerprint density at radius 1 is 1.17 bits per heavy atom. The van der Waals surface area contributed by atoms with E-state index in [1.165, 1.54) is 10.9 Å². The summed E-state index contributed by atoms with van der Waals surface area (Å²) in [6.45, 7) is 6.95. The molecule has 0 bridgehead atoms. The minimum Gasteiger partial charge on any atom is -0.383 e. The molecule has 0 radical (unpaired) electrons. The third-order valence-electron chi connectivity index (χ3n) is 7.86. The topological polar surface area (TPSA) is 96.4 Å². The highest BCUT2D eigenvalue weighted by molar-refractivity contribution is 6.35. The number of nitrogens with zero attached hydrogens (tertiary/aromatic N) is 6. The van der Waals surface area contributed by atoms with Gasteiger partial charge in [0, 0.05) is 48.0 Å². The fourth-order valence-electron chi connectivity index (χ4n) is 5.33. The zero-order chi connectivity index (χ0) is 29.8. The molecule has 1 aliphatic rings. The summed E-state index contributed by atoms with van der Waals surface area (Å²) in [6, 6.07) is 13.4. The van der Waals surface area contributed by atoms with Gasteiger partial charge < -0.3 is 15.2 Å². The molecular formula is C31H31ClF2N8. The number of pyridine rings is 1. The van der Waals surface area contributed by atoms with Gasteiger partial charge in [0.05, 0.1) is 34.0 Å². The lowest BCUT2D eigenvalue weighted by Crippen LogP contribution is -2.26. The van der Waals surface area contributed by atoms with Crippen molar-refractivity contribution in [3.63, 3.8) is 0 Å². The molecule has 2 aromatic carbocycles. The van der Waals surface area contributed by atoms with E-state index in [1.54, 1.807) is 12.3 Å². The summed E-state index contributed by atoms with van der Waals surface area (Å²) in [5.41, 5.74) is 3.39. The number of benzene rings is 2. The van der Waals surface area contributed by atoms with Gasteiger partial charge in [-0.1, -0.05) is 49.7 Å². The van der Waals surface area contributed by atoms with Crippen LogP contribution in [0.25, 0.3) is 21.8 Å². The fraction of sp³-hybridized carbons (Fsp3) is 0.355. The molecule has 0 spiro atoms. The van der Waals surface area contributed by atoms with Crippen LogP contribution in [0.1, 0.15) is 56.5 Å². The summed E-state index contributed by atoms with van der Waals surface area (Å²) < 4.78 is 31.2. The molecule has 0 saturated heterocycles. The van der Waals surface area contributed by atoms with Gasteiger partial charge in [0.25, 0.3) is 6.43 Å². The second-order valence-electron chi connectivity index (χ2n) is 12.2. The second kappa shape index (κ2) is 10.2. The van der Waals surface area contributed by atoms with Crippen LogP contribution in [0.4, 0.5) is 20.2 Å². The van der Waals surface area contributed by atoms with Crippen molar-refractivity contribution >= 4 is 44.8 Å². The minimum absolute atomic E-state index is 0.0373. The summed E-state index contributed by atoms with van der Waals surface area (Å²) in [5, 5.41) is 27.5. The Morgan fingerprint density at radius 2 is 1.95 bits per heavy atom. The molecule has 5 aromatic rings. The van der Waals surface area contributed by atoms with Crippen LogP contribution >= 0.6 is 11.6 Å². The third kappa shape index (κ3) is 4.92. The van der Waals surface area contributed by atoms with E-state index in [1.807, 2.05) is 48.1 Å². The van der Waals surface area contributed by atoms with Crippen LogP contribution in [0.3, 0.4) is 0 Å². The van der Waals surface area contributed by atoms with Crippen molar-refractivity contribution in [2.24, 2.45) is 12.5 Å². The van der Waals surface area contributed by atoms with E-state index in [4.69, 9.17) is 11.6 Å². The molecule has 216 valence electrons. The number of hydrogen-bond acceptors (Lipinski definition) is 6. The van der Waals surface area contributed by atoms with E-state index < -0.39 is 18.0 Å². The quantitative estimate of drug-likeness (QED) is 0.198. The normalized spacial score (nSPS) is 15.2. The van der Waals surface area contributed by atoms with Crippen LogP contribution in [0, 0.1) is 16.7 Å². The molecule has 8 nitrogen and oxygen atoms in total. The summed E-state index contributed by atoms with van der Waals surface area (Å²) in [7, 11) is 1.97. The Balaban J connectivity index is 1.48. The summed E-state index contributed by atoms with van der Waals surface area (Å²) in [4.78, 5) is 4.47. The maximum Gasteiger partial charge on any atom is 0.263 e. The lowest BCUT2D eigenvalue weighted by atomic mass is 9.96. The Kier molecular flexibility index (Phi) is 6.81. The fourth-order valence-corrected chi connectivity index (χ4v) is 5.60. The van der Waals surface area contributed by atoms with Crippen molar-refractivity contribution in [1.82, 2.24) is 24.5 Å². The highest BCUT2D eigenvalue weighted by Crippen LogP contribution is 2.48. The molecule has 3 aromatic heterocycles. The average Bonchev–Trinajstić information content (AvgIpc) is 3.47. The van der Waals surface area contributed by atoms with Crippen LogP contribution in [0.2, 0.25) is 5.02 Å². The first-order valence-corrected chi connectivity index (χ1v) is 14.2. The zero-order valence-corrected chi connectivity index (χ0v) is 24.5. The lowest BCUT2D eigenvalue weighted by Gasteiger charge is -2.23. The van der Waals surface area contributed by atoms with Crippen LogP contribution in [-0.2, 0) is 12.6 Å². The highest BCUT2D eigenvalue weighted by Gasteiger charge is 2.54. The number of hydrogen-bond donors (Lipinski definition) is 2. The van der Waals surface area contributed by atoms with Crippen LogP contribution in [-0.4, -0.2) is 37.5 Å². The standard InChI is InChI=1S/C31H31ClF2N8/c1-30(2,3)17-37-26-18(14-35)15-36-27-22(26)12-19(13-23(27)32)38-28(21-6-5-7-25-20(21)8-11-41(25)4)24-16-42(40-39-24)31(9-10-31)29(33)34/h5-8,11-13,15-16,28-29,38H,9-10,17H2,1-4H3,(H,36,37). The van der Waals surface area contributed by atoms with Gasteiger partial charge in [-0.25, -0.2) is 13.5 Å². The number of anilines is 2. The van der Waals surface area contributed by atoms with Crippen molar-refractivity contribution in [3.05, 3.63) is 76.8 Å². The largest absolute Gasteiger partial charge is 0.383 e. The smallest absolute Gasteiger partial charge is 0.263 e. The van der Waals surface area contributed by atoms with E-state index in [-0.39, 0.29) is 5.41 Å². The molecule has 6 rings (SSSR count). The Bertz CT molecular complexity index is 1840. The third-order valence-corrected chi connectivity index (χ3v) is 8.14. The van der Waals surface area contributed by atoms with Gasteiger partial charge in [-0.05, 0) is 48.1 Å². The number of halogens is 3. The van der Waals surface area contributed by atoms with Gasteiger partial charge >= 0.3 is 0 Å². The average molecular weight is 589 g/mol. The zero-order valence-electron chi connectivity index (χ0n) is 23.8. The second-order valence-corrected chi connectivity index (χ2v) is 12.6. The van der Waals surface area contributed by atoms with Crippen molar-refractivity contribution in [3.8, 4) is 6.07 Å². The van der Waals surface area contributed by atoms with Crippen LogP contribution in [0.5, 0.6) is 0 Å². The number of nitrogens with one attached hydrogen (secondary N) is 2. The van der Waals surface area contributed by atoms with E-state index in [9.17, 15) is 14.0 Å². The molecule has 2 N–H and O–H groups in total. The molecule has 11 heteroatoms. The first-order chi connectivity index (χ1) is 20.0. The Labute approximate surface area is 247 Å². The predicted octanol–water partition coefficient (Wildman–Crippen LogP) is 7.26. The number of aromatic nitrogens is 5. The number of rotatable bonds is 8. The summed E-state index contributed by atoms with van der Waals surface area (Å²) >= 11 is 6.77. The van der Waals surface area contributed by atoms with Crippen molar-refractivity contribution in [2.75, 3.05) is 17.2 Å². The molecule has 3 heterocycles. The maximum absolute atomic E-state index is 13.9.